The van der Waals surface area contributed by atoms with Gasteiger partial charge in [0.05, 0.1) is 4.90 Å². The molecule has 1 aromatic rings. The van der Waals surface area contributed by atoms with Crippen LogP contribution in [0.3, 0.4) is 0 Å². The van der Waals surface area contributed by atoms with Crippen LogP contribution in [0.5, 0.6) is 0 Å². The van der Waals surface area contributed by atoms with Gasteiger partial charge in [0, 0.05) is 43.4 Å². The summed E-state index contributed by atoms with van der Waals surface area (Å²) in [6, 6.07) is 6.03. The Labute approximate surface area is 148 Å². The van der Waals surface area contributed by atoms with E-state index in [0.29, 0.717) is 31.7 Å². The maximum atomic E-state index is 12.7. The van der Waals surface area contributed by atoms with Gasteiger partial charge < -0.3 is 9.80 Å². The molecule has 0 atom stereocenters. The fourth-order valence-corrected chi connectivity index (χ4v) is 3.76. The van der Waals surface area contributed by atoms with E-state index in [4.69, 9.17) is 0 Å². The third-order valence-corrected chi connectivity index (χ3v) is 6.24. The first-order valence-corrected chi connectivity index (χ1v) is 10.5. The number of benzene rings is 1. The van der Waals surface area contributed by atoms with Gasteiger partial charge in [-0.25, -0.2) is 8.42 Å². The molecule has 6 nitrogen and oxygen atoms in total. The third-order valence-electron chi connectivity index (χ3n) is 5.12. The third kappa shape index (κ3) is 3.86. The van der Waals surface area contributed by atoms with Gasteiger partial charge >= 0.3 is 0 Å². The van der Waals surface area contributed by atoms with E-state index in [2.05, 4.69) is 0 Å². The van der Waals surface area contributed by atoms with Gasteiger partial charge in [0.25, 0.3) is 5.91 Å². The Balaban J connectivity index is 1.66. The second-order valence-corrected chi connectivity index (χ2v) is 9.31. The highest BCUT2D eigenvalue weighted by atomic mass is 32.2. The summed E-state index contributed by atoms with van der Waals surface area (Å²) in [6.45, 7) is 4.36. The molecule has 1 heterocycles. The molecule has 0 N–H and O–H groups in total. The normalized spacial score (nSPS) is 20.1. The van der Waals surface area contributed by atoms with Gasteiger partial charge in [-0.2, -0.15) is 0 Å². The highest BCUT2D eigenvalue weighted by Crippen LogP contribution is 2.46. The predicted octanol–water partition coefficient (Wildman–Crippen LogP) is 1.56. The van der Waals surface area contributed by atoms with Crippen molar-refractivity contribution in [1.29, 1.82) is 0 Å². The number of amides is 2. The van der Waals surface area contributed by atoms with E-state index in [1.807, 2.05) is 11.8 Å². The van der Waals surface area contributed by atoms with Crippen molar-refractivity contribution in [3.63, 3.8) is 0 Å². The van der Waals surface area contributed by atoms with Gasteiger partial charge in [-0.05, 0) is 43.5 Å². The second-order valence-electron chi connectivity index (χ2n) is 7.30. The molecule has 1 saturated heterocycles. The zero-order chi connectivity index (χ0) is 18.2. The van der Waals surface area contributed by atoms with Gasteiger partial charge in [0.2, 0.25) is 5.91 Å². The van der Waals surface area contributed by atoms with Crippen LogP contribution in [0.25, 0.3) is 0 Å². The van der Waals surface area contributed by atoms with E-state index >= 15 is 0 Å². The van der Waals surface area contributed by atoms with Crippen LogP contribution >= 0.6 is 0 Å². The molecule has 0 bridgehead atoms. The van der Waals surface area contributed by atoms with Crippen molar-refractivity contribution in [1.82, 2.24) is 9.80 Å². The van der Waals surface area contributed by atoms with Crippen molar-refractivity contribution in [2.45, 2.75) is 31.1 Å². The average molecular weight is 364 g/mol. The molecule has 0 radical (unpaired) electrons. The molecule has 3 rings (SSSR count). The van der Waals surface area contributed by atoms with Crippen LogP contribution in [-0.2, 0) is 14.6 Å². The second kappa shape index (κ2) is 6.44. The summed E-state index contributed by atoms with van der Waals surface area (Å²) in [5.74, 6) is 0.0892. The SMILES string of the molecule is CC1(C(=O)N2CCCN(C(=O)c3ccc(S(C)(=O)=O)cc3)CC2)CC1. The van der Waals surface area contributed by atoms with Crippen molar-refractivity contribution in [3.8, 4) is 0 Å². The van der Waals surface area contributed by atoms with Gasteiger partial charge in [-0.3, -0.25) is 9.59 Å². The number of carbonyl (C=O) groups excluding carboxylic acids is 2. The lowest BCUT2D eigenvalue weighted by Crippen LogP contribution is -2.40. The predicted molar refractivity (Wildman–Crippen MR) is 94.0 cm³/mol. The molecule has 136 valence electrons. The van der Waals surface area contributed by atoms with Gasteiger partial charge in [-0.1, -0.05) is 6.92 Å². The molecule has 7 heteroatoms. The molecule has 1 saturated carbocycles. The minimum absolute atomic E-state index is 0.119. The smallest absolute Gasteiger partial charge is 0.253 e. The first kappa shape index (κ1) is 17.9. The van der Waals surface area contributed by atoms with Crippen LogP contribution in [0.1, 0.15) is 36.5 Å². The molecular formula is C18H24N2O4S. The van der Waals surface area contributed by atoms with Crippen molar-refractivity contribution in [3.05, 3.63) is 29.8 Å². The number of carbonyl (C=O) groups is 2. The van der Waals surface area contributed by atoms with Gasteiger partial charge in [0.15, 0.2) is 9.84 Å². The first-order valence-electron chi connectivity index (χ1n) is 8.59. The van der Waals surface area contributed by atoms with Crippen LogP contribution in [-0.4, -0.2) is 62.5 Å². The van der Waals surface area contributed by atoms with E-state index in [1.165, 1.54) is 12.1 Å². The molecule has 2 fully saturated rings. The van der Waals surface area contributed by atoms with Crippen LogP contribution in [0.2, 0.25) is 0 Å². The summed E-state index contributed by atoms with van der Waals surface area (Å²) >= 11 is 0. The zero-order valence-corrected chi connectivity index (χ0v) is 15.5. The minimum atomic E-state index is -3.27. The standard InChI is InChI=1S/C18H24N2O4S/c1-18(8-9-18)17(22)20-11-3-10-19(12-13-20)16(21)14-4-6-15(7-5-14)25(2,23)24/h4-7H,3,8-13H2,1-2H3. The summed E-state index contributed by atoms with van der Waals surface area (Å²) in [5.41, 5.74) is 0.294. The van der Waals surface area contributed by atoms with Gasteiger partial charge in [-0.15, -0.1) is 0 Å². The lowest BCUT2D eigenvalue weighted by atomic mass is 10.1. The van der Waals surface area contributed by atoms with Crippen molar-refractivity contribution in [2.75, 3.05) is 32.4 Å². The molecule has 1 aliphatic heterocycles. The number of rotatable bonds is 3. The average Bonchev–Trinajstić information content (AvgIpc) is 3.36. The monoisotopic (exact) mass is 364 g/mol. The zero-order valence-electron chi connectivity index (χ0n) is 14.7. The van der Waals surface area contributed by atoms with Crippen LogP contribution in [0.15, 0.2) is 29.2 Å². The van der Waals surface area contributed by atoms with Crippen molar-refractivity contribution < 1.29 is 18.0 Å². The Morgan fingerprint density at radius 3 is 2.08 bits per heavy atom. The van der Waals surface area contributed by atoms with Crippen LogP contribution in [0, 0.1) is 5.41 Å². The topological polar surface area (TPSA) is 74.8 Å². The quantitative estimate of drug-likeness (QED) is 0.816. The van der Waals surface area contributed by atoms with E-state index in [0.717, 1.165) is 25.5 Å². The van der Waals surface area contributed by atoms with E-state index in [-0.39, 0.29) is 22.1 Å². The Kier molecular flexibility index (Phi) is 4.62. The molecule has 2 aliphatic rings. The first-order chi connectivity index (χ1) is 11.7. The largest absolute Gasteiger partial charge is 0.340 e. The summed E-state index contributed by atoms with van der Waals surface area (Å²) in [6.07, 6.45) is 3.81. The molecule has 0 aromatic heterocycles. The van der Waals surface area contributed by atoms with Gasteiger partial charge in [0.1, 0.15) is 0 Å². The highest BCUT2D eigenvalue weighted by Gasteiger charge is 2.47. The maximum absolute atomic E-state index is 12.7. The van der Waals surface area contributed by atoms with E-state index in [1.54, 1.807) is 17.0 Å². The minimum Gasteiger partial charge on any atom is -0.340 e. The number of hydrogen-bond acceptors (Lipinski definition) is 4. The highest BCUT2D eigenvalue weighted by molar-refractivity contribution is 7.90. The molecule has 1 aromatic carbocycles. The summed E-state index contributed by atoms with van der Waals surface area (Å²) < 4.78 is 23.0. The molecular weight excluding hydrogens is 340 g/mol. The van der Waals surface area contributed by atoms with Crippen molar-refractivity contribution in [2.24, 2.45) is 5.41 Å². The molecule has 0 unspecified atom stereocenters. The molecule has 25 heavy (non-hydrogen) atoms. The van der Waals surface area contributed by atoms with Crippen LogP contribution < -0.4 is 0 Å². The number of nitrogens with zero attached hydrogens (tertiary/aromatic N) is 2. The molecule has 2 amide bonds. The fraction of sp³-hybridized carbons (Fsp3) is 0.556. The Morgan fingerprint density at radius 2 is 1.52 bits per heavy atom. The Morgan fingerprint density at radius 1 is 0.960 bits per heavy atom. The summed E-state index contributed by atoms with van der Waals surface area (Å²) in [4.78, 5) is 29.0. The fourth-order valence-electron chi connectivity index (χ4n) is 3.13. The van der Waals surface area contributed by atoms with E-state index < -0.39 is 9.84 Å². The number of sulfone groups is 1. The van der Waals surface area contributed by atoms with Crippen molar-refractivity contribution >= 4 is 21.7 Å². The van der Waals surface area contributed by atoms with E-state index in [9.17, 15) is 18.0 Å². The summed E-state index contributed by atoms with van der Waals surface area (Å²) in [7, 11) is -3.27. The lowest BCUT2D eigenvalue weighted by Gasteiger charge is -2.24. The summed E-state index contributed by atoms with van der Waals surface area (Å²) in [5, 5.41) is 0. The number of hydrogen-bond donors (Lipinski definition) is 0. The molecule has 1 aliphatic carbocycles. The van der Waals surface area contributed by atoms with Crippen LogP contribution in [0.4, 0.5) is 0 Å². The maximum Gasteiger partial charge on any atom is 0.253 e. The Bertz CT molecular complexity index is 782. The Hall–Kier alpha value is -1.89. The molecule has 0 spiro atoms. The lowest BCUT2D eigenvalue weighted by molar-refractivity contribution is -0.136.